The van der Waals surface area contributed by atoms with E-state index in [0.717, 1.165) is 19.6 Å². The molecule has 0 spiro atoms. The number of rotatable bonds is 0. The Bertz CT molecular complexity index is 149. The van der Waals surface area contributed by atoms with Crippen LogP contribution in [0.25, 0.3) is 0 Å². The molecule has 3 nitrogen and oxygen atoms in total. The van der Waals surface area contributed by atoms with Crippen molar-refractivity contribution in [3.63, 3.8) is 0 Å². The monoisotopic (exact) mass is 139 g/mol. The molecule has 0 aliphatic carbocycles. The van der Waals surface area contributed by atoms with Crippen molar-refractivity contribution in [1.29, 1.82) is 5.26 Å². The Balaban J connectivity index is 2.42. The Morgan fingerprint density at radius 1 is 1.50 bits per heavy atom. The fraction of sp³-hybridized carbons (Fsp3) is 0.857. The third kappa shape index (κ3) is 1.39. The maximum atomic E-state index is 8.55. The maximum absolute atomic E-state index is 8.55. The van der Waals surface area contributed by atoms with E-state index in [0.29, 0.717) is 6.04 Å². The van der Waals surface area contributed by atoms with Gasteiger partial charge in [0.1, 0.15) is 0 Å². The van der Waals surface area contributed by atoms with Gasteiger partial charge in [-0.1, -0.05) is 0 Å². The molecule has 1 aliphatic heterocycles. The summed E-state index contributed by atoms with van der Waals surface area (Å²) in [6, 6.07) is 0.522. The molecule has 1 rings (SSSR count). The van der Waals surface area contributed by atoms with E-state index in [-0.39, 0.29) is 0 Å². The van der Waals surface area contributed by atoms with Gasteiger partial charge in [0.2, 0.25) is 0 Å². The summed E-state index contributed by atoms with van der Waals surface area (Å²) in [5, 5.41) is 8.55. The molecule has 1 atom stereocenters. The van der Waals surface area contributed by atoms with Crippen LogP contribution in [0.5, 0.6) is 0 Å². The Morgan fingerprint density at radius 2 is 2.20 bits per heavy atom. The number of nitriles is 1. The van der Waals surface area contributed by atoms with Crippen LogP contribution in [0.4, 0.5) is 0 Å². The summed E-state index contributed by atoms with van der Waals surface area (Å²) in [4.78, 5) is 4.08. The zero-order valence-electron chi connectivity index (χ0n) is 6.54. The molecule has 1 unspecified atom stereocenters. The molecule has 1 heterocycles. The van der Waals surface area contributed by atoms with Gasteiger partial charge in [0.05, 0.1) is 0 Å². The van der Waals surface area contributed by atoms with Gasteiger partial charge in [0.25, 0.3) is 0 Å². The van der Waals surface area contributed by atoms with E-state index in [4.69, 9.17) is 5.26 Å². The summed E-state index contributed by atoms with van der Waals surface area (Å²) in [6.45, 7) is 4.92. The third-order valence-electron chi connectivity index (χ3n) is 2.10. The second-order valence-electron chi connectivity index (χ2n) is 2.88. The van der Waals surface area contributed by atoms with E-state index in [1.54, 1.807) is 0 Å². The fourth-order valence-electron chi connectivity index (χ4n) is 1.14. The van der Waals surface area contributed by atoms with E-state index >= 15 is 0 Å². The first-order valence-electron chi connectivity index (χ1n) is 3.59. The van der Waals surface area contributed by atoms with Crippen LogP contribution < -0.4 is 0 Å². The summed E-state index contributed by atoms with van der Waals surface area (Å²) in [6.07, 6.45) is 2.16. The van der Waals surface area contributed by atoms with Gasteiger partial charge >= 0.3 is 0 Å². The highest BCUT2D eigenvalue weighted by Crippen LogP contribution is 2.04. The van der Waals surface area contributed by atoms with Crippen LogP contribution in [-0.4, -0.2) is 42.5 Å². The van der Waals surface area contributed by atoms with Crippen LogP contribution in [0.15, 0.2) is 0 Å². The van der Waals surface area contributed by atoms with Crippen molar-refractivity contribution in [2.45, 2.75) is 13.0 Å². The predicted molar refractivity (Wildman–Crippen MR) is 39.3 cm³/mol. The van der Waals surface area contributed by atoms with Gasteiger partial charge in [0.15, 0.2) is 6.19 Å². The second kappa shape index (κ2) is 2.89. The van der Waals surface area contributed by atoms with E-state index in [1.807, 2.05) is 4.90 Å². The van der Waals surface area contributed by atoms with Gasteiger partial charge in [-0.25, -0.2) is 0 Å². The standard InChI is InChI=1S/C7H13N3/c1-7-5-10(6-8)4-3-9(7)2/h7H,3-5H2,1-2H3. The van der Waals surface area contributed by atoms with E-state index in [1.165, 1.54) is 0 Å². The summed E-state index contributed by atoms with van der Waals surface area (Å²) in [5.74, 6) is 0. The normalized spacial score (nSPS) is 28.1. The van der Waals surface area contributed by atoms with Crippen molar-refractivity contribution in [3.8, 4) is 6.19 Å². The van der Waals surface area contributed by atoms with Crippen molar-refractivity contribution in [3.05, 3.63) is 0 Å². The fourth-order valence-corrected chi connectivity index (χ4v) is 1.14. The molecule has 3 heteroatoms. The first-order valence-corrected chi connectivity index (χ1v) is 3.59. The minimum absolute atomic E-state index is 0.522. The van der Waals surface area contributed by atoms with Crippen LogP contribution in [-0.2, 0) is 0 Å². The lowest BCUT2D eigenvalue weighted by Gasteiger charge is -2.34. The predicted octanol–water partition coefficient (Wildman–Crippen LogP) is 0.103. The Kier molecular flexibility index (Phi) is 2.13. The van der Waals surface area contributed by atoms with E-state index in [2.05, 4.69) is 25.1 Å². The number of hydrogen-bond acceptors (Lipinski definition) is 3. The number of nitrogens with zero attached hydrogens (tertiary/aromatic N) is 3. The molecule has 10 heavy (non-hydrogen) atoms. The maximum Gasteiger partial charge on any atom is 0.179 e. The Hall–Kier alpha value is -0.750. The number of piperazine rings is 1. The van der Waals surface area contributed by atoms with Crippen molar-refractivity contribution in [1.82, 2.24) is 9.80 Å². The Labute approximate surface area is 61.8 Å². The third-order valence-corrected chi connectivity index (χ3v) is 2.10. The van der Waals surface area contributed by atoms with Gasteiger partial charge in [-0.3, -0.25) is 0 Å². The Morgan fingerprint density at radius 3 is 2.70 bits per heavy atom. The van der Waals surface area contributed by atoms with Crippen molar-refractivity contribution in [2.24, 2.45) is 0 Å². The largest absolute Gasteiger partial charge is 0.308 e. The summed E-state index contributed by atoms with van der Waals surface area (Å²) >= 11 is 0. The molecular formula is C7H13N3. The summed E-state index contributed by atoms with van der Waals surface area (Å²) < 4.78 is 0. The number of likely N-dealkylation sites (N-methyl/N-ethyl adjacent to an activating group) is 1. The molecule has 0 aromatic heterocycles. The van der Waals surface area contributed by atoms with Crippen LogP contribution in [0.3, 0.4) is 0 Å². The molecular weight excluding hydrogens is 126 g/mol. The van der Waals surface area contributed by atoms with Crippen LogP contribution in [0.2, 0.25) is 0 Å². The molecule has 0 radical (unpaired) electrons. The topological polar surface area (TPSA) is 30.3 Å². The zero-order chi connectivity index (χ0) is 7.56. The number of hydrogen-bond donors (Lipinski definition) is 0. The highest BCUT2D eigenvalue weighted by atomic mass is 15.3. The van der Waals surface area contributed by atoms with Gasteiger partial charge in [-0.05, 0) is 14.0 Å². The van der Waals surface area contributed by atoms with Crippen molar-refractivity contribution in [2.75, 3.05) is 26.7 Å². The minimum atomic E-state index is 0.522. The molecule has 0 bridgehead atoms. The molecule has 1 fully saturated rings. The highest BCUT2D eigenvalue weighted by Gasteiger charge is 2.18. The molecule has 56 valence electrons. The molecule has 0 aromatic rings. The van der Waals surface area contributed by atoms with Crippen LogP contribution in [0.1, 0.15) is 6.92 Å². The quantitative estimate of drug-likeness (QED) is 0.446. The lowest BCUT2D eigenvalue weighted by molar-refractivity contribution is 0.145. The van der Waals surface area contributed by atoms with Crippen molar-refractivity contribution >= 4 is 0 Å². The molecule has 0 aromatic carbocycles. The van der Waals surface area contributed by atoms with Gasteiger partial charge < -0.3 is 9.80 Å². The SMILES string of the molecule is CC1CN(C#N)CCN1C. The molecule has 0 amide bonds. The molecule has 1 saturated heterocycles. The lowest BCUT2D eigenvalue weighted by Crippen LogP contribution is -2.48. The zero-order valence-corrected chi connectivity index (χ0v) is 6.54. The van der Waals surface area contributed by atoms with Crippen LogP contribution in [0, 0.1) is 11.5 Å². The van der Waals surface area contributed by atoms with Gasteiger partial charge in [-0.2, -0.15) is 5.26 Å². The first kappa shape index (κ1) is 7.36. The second-order valence-corrected chi connectivity index (χ2v) is 2.88. The van der Waals surface area contributed by atoms with E-state index < -0.39 is 0 Å². The average molecular weight is 139 g/mol. The van der Waals surface area contributed by atoms with Crippen molar-refractivity contribution < 1.29 is 0 Å². The minimum Gasteiger partial charge on any atom is -0.308 e. The summed E-state index contributed by atoms with van der Waals surface area (Å²) in [7, 11) is 2.10. The first-order chi connectivity index (χ1) is 4.74. The molecule has 0 N–H and O–H groups in total. The smallest absolute Gasteiger partial charge is 0.179 e. The summed E-state index contributed by atoms with van der Waals surface area (Å²) in [5.41, 5.74) is 0. The van der Waals surface area contributed by atoms with E-state index in [9.17, 15) is 0 Å². The lowest BCUT2D eigenvalue weighted by atomic mass is 10.2. The molecule has 1 aliphatic rings. The van der Waals surface area contributed by atoms with Crippen LogP contribution >= 0.6 is 0 Å². The molecule has 0 saturated carbocycles. The highest BCUT2D eigenvalue weighted by molar-refractivity contribution is 4.83. The van der Waals surface area contributed by atoms with Gasteiger partial charge in [0, 0.05) is 25.7 Å². The average Bonchev–Trinajstić information content (AvgIpc) is 1.95. The van der Waals surface area contributed by atoms with Gasteiger partial charge in [-0.15, -0.1) is 0 Å².